The van der Waals surface area contributed by atoms with Crippen LogP contribution in [0.25, 0.3) is 0 Å². The third-order valence-corrected chi connectivity index (χ3v) is 3.31. The minimum atomic E-state index is -0.883. The lowest BCUT2D eigenvalue weighted by Crippen LogP contribution is -2.29. The Kier molecular flexibility index (Phi) is 4.17. The van der Waals surface area contributed by atoms with Crippen LogP contribution in [0.3, 0.4) is 0 Å². The number of benzene rings is 1. The second-order valence-electron chi connectivity index (χ2n) is 3.66. The van der Waals surface area contributed by atoms with Crippen LogP contribution in [-0.4, -0.2) is 22.6 Å². The van der Waals surface area contributed by atoms with Crippen molar-refractivity contribution in [3.8, 4) is 0 Å². The van der Waals surface area contributed by atoms with Gasteiger partial charge in [0.15, 0.2) is 0 Å². The highest BCUT2D eigenvalue weighted by Gasteiger charge is 2.12. The van der Waals surface area contributed by atoms with Gasteiger partial charge in [-0.05, 0) is 18.2 Å². The van der Waals surface area contributed by atoms with Crippen LogP contribution in [0.2, 0.25) is 5.02 Å². The molecular formula is C12H11ClN2O2S. The molecule has 4 nitrogen and oxygen atoms in total. The van der Waals surface area contributed by atoms with Crippen molar-refractivity contribution in [3.05, 3.63) is 45.9 Å². The topological polar surface area (TPSA) is 53.4 Å². The number of carboxylic acids is 1. The maximum absolute atomic E-state index is 10.9. The lowest BCUT2D eigenvalue weighted by atomic mass is 10.3. The number of anilines is 1. The molecular weight excluding hydrogens is 272 g/mol. The van der Waals surface area contributed by atoms with Gasteiger partial charge < -0.3 is 10.0 Å². The summed E-state index contributed by atoms with van der Waals surface area (Å²) in [5.74, 6) is -0.883. The summed E-state index contributed by atoms with van der Waals surface area (Å²) < 4.78 is 0. The van der Waals surface area contributed by atoms with E-state index in [0.29, 0.717) is 11.6 Å². The molecule has 0 bridgehead atoms. The molecule has 6 heteroatoms. The molecule has 94 valence electrons. The van der Waals surface area contributed by atoms with Gasteiger partial charge in [0.05, 0.1) is 6.54 Å². The molecule has 0 saturated carbocycles. The molecule has 0 amide bonds. The van der Waals surface area contributed by atoms with Crippen LogP contribution in [0.5, 0.6) is 0 Å². The van der Waals surface area contributed by atoms with Crippen LogP contribution >= 0.6 is 22.9 Å². The minimum Gasteiger partial charge on any atom is -0.480 e. The van der Waals surface area contributed by atoms with Crippen LogP contribution in [0.4, 0.5) is 5.69 Å². The van der Waals surface area contributed by atoms with Crippen molar-refractivity contribution in [2.75, 3.05) is 11.4 Å². The summed E-state index contributed by atoms with van der Waals surface area (Å²) in [5, 5.41) is 12.3. The molecule has 0 fully saturated rings. The van der Waals surface area contributed by atoms with Crippen molar-refractivity contribution >= 4 is 34.6 Å². The Morgan fingerprint density at radius 3 is 2.94 bits per heavy atom. The fourth-order valence-electron chi connectivity index (χ4n) is 1.57. The monoisotopic (exact) mass is 282 g/mol. The lowest BCUT2D eigenvalue weighted by Gasteiger charge is -2.21. The number of carboxylic acid groups (broad SMARTS) is 1. The number of carbonyl (C=O) groups is 1. The van der Waals surface area contributed by atoms with Gasteiger partial charge in [-0.15, -0.1) is 11.3 Å². The molecule has 0 saturated heterocycles. The highest BCUT2D eigenvalue weighted by atomic mass is 35.5. The Morgan fingerprint density at radius 2 is 2.33 bits per heavy atom. The molecule has 2 aromatic rings. The van der Waals surface area contributed by atoms with Gasteiger partial charge in [-0.2, -0.15) is 0 Å². The van der Waals surface area contributed by atoms with Crippen LogP contribution in [0, 0.1) is 0 Å². The van der Waals surface area contributed by atoms with E-state index in [1.807, 2.05) is 11.4 Å². The smallest absolute Gasteiger partial charge is 0.323 e. The van der Waals surface area contributed by atoms with Crippen molar-refractivity contribution in [2.45, 2.75) is 6.54 Å². The second kappa shape index (κ2) is 5.84. The Balaban J connectivity index is 2.21. The summed E-state index contributed by atoms with van der Waals surface area (Å²) in [4.78, 5) is 16.8. The summed E-state index contributed by atoms with van der Waals surface area (Å²) in [7, 11) is 0. The van der Waals surface area contributed by atoms with E-state index >= 15 is 0 Å². The van der Waals surface area contributed by atoms with Crippen LogP contribution in [0.15, 0.2) is 35.8 Å². The van der Waals surface area contributed by atoms with Gasteiger partial charge in [-0.3, -0.25) is 4.79 Å². The quantitative estimate of drug-likeness (QED) is 0.916. The van der Waals surface area contributed by atoms with Crippen LogP contribution in [0.1, 0.15) is 5.01 Å². The first kappa shape index (κ1) is 12.9. The molecule has 0 aliphatic heterocycles. The zero-order valence-corrected chi connectivity index (χ0v) is 11.0. The van der Waals surface area contributed by atoms with Gasteiger partial charge in [-0.1, -0.05) is 17.7 Å². The molecule has 0 atom stereocenters. The van der Waals surface area contributed by atoms with Crippen molar-refractivity contribution < 1.29 is 9.90 Å². The van der Waals surface area contributed by atoms with Gasteiger partial charge in [-0.25, -0.2) is 4.98 Å². The van der Waals surface area contributed by atoms with Crippen molar-refractivity contribution in [3.63, 3.8) is 0 Å². The average Bonchev–Trinajstić information content (AvgIpc) is 2.80. The molecule has 1 aromatic carbocycles. The zero-order valence-electron chi connectivity index (χ0n) is 9.41. The number of hydrogen-bond acceptors (Lipinski definition) is 4. The molecule has 0 aliphatic rings. The van der Waals surface area contributed by atoms with Crippen LogP contribution < -0.4 is 4.90 Å². The lowest BCUT2D eigenvalue weighted by molar-refractivity contribution is -0.135. The summed E-state index contributed by atoms with van der Waals surface area (Å²) in [5.41, 5.74) is 0.778. The van der Waals surface area contributed by atoms with E-state index in [1.165, 1.54) is 11.3 Å². The fourth-order valence-corrected chi connectivity index (χ4v) is 2.38. The molecule has 2 rings (SSSR count). The van der Waals surface area contributed by atoms with E-state index in [9.17, 15) is 4.79 Å². The van der Waals surface area contributed by atoms with E-state index in [4.69, 9.17) is 16.7 Å². The average molecular weight is 283 g/mol. The van der Waals surface area contributed by atoms with Gasteiger partial charge in [0.1, 0.15) is 11.6 Å². The van der Waals surface area contributed by atoms with Crippen molar-refractivity contribution in [1.82, 2.24) is 4.98 Å². The maximum Gasteiger partial charge on any atom is 0.323 e. The van der Waals surface area contributed by atoms with E-state index in [-0.39, 0.29) is 6.54 Å². The van der Waals surface area contributed by atoms with E-state index < -0.39 is 5.97 Å². The molecule has 0 aliphatic carbocycles. The molecule has 0 radical (unpaired) electrons. The number of nitrogens with zero attached hydrogens (tertiary/aromatic N) is 2. The number of hydrogen-bond donors (Lipinski definition) is 1. The van der Waals surface area contributed by atoms with E-state index in [2.05, 4.69) is 4.98 Å². The Morgan fingerprint density at radius 1 is 1.50 bits per heavy atom. The van der Waals surface area contributed by atoms with E-state index in [1.54, 1.807) is 29.3 Å². The van der Waals surface area contributed by atoms with Crippen LogP contribution in [-0.2, 0) is 11.3 Å². The van der Waals surface area contributed by atoms with Crippen molar-refractivity contribution in [1.29, 1.82) is 0 Å². The molecule has 0 unspecified atom stereocenters. The third-order valence-electron chi connectivity index (χ3n) is 2.31. The molecule has 1 aromatic heterocycles. The summed E-state index contributed by atoms with van der Waals surface area (Å²) >= 11 is 7.42. The highest BCUT2D eigenvalue weighted by molar-refractivity contribution is 7.09. The fraction of sp³-hybridized carbons (Fsp3) is 0.167. The molecule has 1 heterocycles. The van der Waals surface area contributed by atoms with Gasteiger partial charge in [0.25, 0.3) is 0 Å². The Bertz CT molecular complexity index is 531. The van der Waals surface area contributed by atoms with Gasteiger partial charge >= 0.3 is 5.97 Å². The standard InChI is InChI=1S/C12H11ClN2O2S/c13-9-2-1-3-10(6-9)15(8-12(16)17)7-11-14-4-5-18-11/h1-6H,7-8H2,(H,16,17). The predicted octanol–water partition coefficient (Wildman–Crippen LogP) is 2.89. The second-order valence-corrected chi connectivity index (χ2v) is 5.07. The summed E-state index contributed by atoms with van der Waals surface area (Å²) in [6.45, 7) is 0.379. The minimum absolute atomic E-state index is 0.0834. The maximum atomic E-state index is 10.9. The molecule has 1 N–H and O–H groups in total. The number of rotatable bonds is 5. The largest absolute Gasteiger partial charge is 0.480 e. The predicted molar refractivity (Wildman–Crippen MR) is 72.3 cm³/mol. The number of aliphatic carboxylic acids is 1. The molecule has 18 heavy (non-hydrogen) atoms. The highest BCUT2D eigenvalue weighted by Crippen LogP contribution is 2.21. The molecule has 0 spiro atoms. The van der Waals surface area contributed by atoms with Gasteiger partial charge in [0.2, 0.25) is 0 Å². The van der Waals surface area contributed by atoms with E-state index in [0.717, 1.165) is 10.7 Å². The Hall–Kier alpha value is -1.59. The Labute approximate surface area is 113 Å². The summed E-state index contributed by atoms with van der Waals surface area (Å²) in [6, 6.07) is 7.14. The third kappa shape index (κ3) is 3.45. The summed E-state index contributed by atoms with van der Waals surface area (Å²) in [6.07, 6.45) is 1.71. The first-order valence-corrected chi connectivity index (χ1v) is 6.51. The SMILES string of the molecule is O=C(O)CN(Cc1nccs1)c1cccc(Cl)c1. The first-order valence-electron chi connectivity index (χ1n) is 5.26. The first-order chi connectivity index (χ1) is 8.65. The van der Waals surface area contributed by atoms with Gasteiger partial charge in [0, 0.05) is 22.3 Å². The van der Waals surface area contributed by atoms with Crippen molar-refractivity contribution in [2.24, 2.45) is 0 Å². The number of aromatic nitrogens is 1. The normalized spacial score (nSPS) is 10.3. The zero-order chi connectivity index (χ0) is 13.0. The number of halogens is 1. The number of thiazole rings is 1.